The zero-order valence-electron chi connectivity index (χ0n) is 16.4. The lowest BCUT2D eigenvalue weighted by molar-refractivity contribution is 0.0699. The molecule has 5 rings (SSSR count). The van der Waals surface area contributed by atoms with Gasteiger partial charge >= 0.3 is 5.97 Å². The molecule has 7 nitrogen and oxygen atoms in total. The smallest absolute Gasteiger partial charge is 0.336 e. The maximum absolute atomic E-state index is 11.5. The minimum atomic E-state index is -0.975. The number of carbonyl (C=O) groups is 1. The van der Waals surface area contributed by atoms with Crippen LogP contribution in [0.1, 0.15) is 40.0 Å². The Bertz CT molecular complexity index is 1230. The van der Waals surface area contributed by atoms with Gasteiger partial charge in [0, 0.05) is 17.5 Å². The van der Waals surface area contributed by atoms with E-state index < -0.39 is 5.97 Å². The van der Waals surface area contributed by atoms with Gasteiger partial charge in [0.25, 0.3) is 5.95 Å². The number of benzene rings is 2. The van der Waals surface area contributed by atoms with Gasteiger partial charge in [-0.25, -0.2) is 9.78 Å². The predicted molar refractivity (Wildman–Crippen MR) is 114 cm³/mol. The van der Waals surface area contributed by atoms with Crippen LogP contribution in [-0.2, 0) is 19.4 Å². The molecule has 2 aromatic carbocycles. The summed E-state index contributed by atoms with van der Waals surface area (Å²) in [6.07, 6.45) is 5.66. The fraction of sp³-hybridized carbons (Fsp3) is 0.217. The Morgan fingerprint density at radius 1 is 1.03 bits per heavy atom. The van der Waals surface area contributed by atoms with E-state index in [1.54, 1.807) is 23.0 Å². The van der Waals surface area contributed by atoms with E-state index in [1.807, 2.05) is 24.3 Å². The van der Waals surface area contributed by atoms with Gasteiger partial charge in [-0.3, -0.25) is 0 Å². The Morgan fingerprint density at radius 2 is 1.87 bits per heavy atom. The quantitative estimate of drug-likeness (QED) is 0.527. The van der Waals surface area contributed by atoms with Crippen LogP contribution in [0.4, 0.5) is 5.82 Å². The zero-order valence-corrected chi connectivity index (χ0v) is 16.4. The van der Waals surface area contributed by atoms with Gasteiger partial charge in [-0.15, -0.1) is 0 Å². The largest absolute Gasteiger partial charge is 0.478 e. The SMILES string of the molecule is O=C(O)c1cccc2c1cnn2-c1nc2c(c(NCc3ccccc3)n1)CCCC2. The van der Waals surface area contributed by atoms with Gasteiger partial charge in [0.1, 0.15) is 5.82 Å². The highest BCUT2D eigenvalue weighted by Gasteiger charge is 2.20. The van der Waals surface area contributed by atoms with Crippen LogP contribution in [0.15, 0.2) is 54.7 Å². The van der Waals surface area contributed by atoms with Gasteiger partial charge in [0.2, 0.25) is 0 Å². The Kier molecular flexibility index (Phi) is 4.63. The number of anilines is 1. The highest BCUT2D eigenvalue weighted by atomic mass is 16.4. The average Bonchev–Trinajstić information content (AvgIpc) is 3.22. The van der Waals surface area contributed by atoms with Crippen molar-refractivity contribution in [2.45, 2.75) is 32.2 Å². The molecule has 1 aliphatic rings. The first-order valence-electron chi connectivity index (χ1n) is 10.1. The van der Waals surface area contributed by atoms with E-state index in [0.717, 1.165) is 37.2 Å². The van der Waals surface area contributed by atoms with Gasteiger partial charge in [-0.2, -0.15) is 14.8 Å². The van der Waals surface area contributed by atoms with E-state index in [0.29, 0.717) is 23.4 Å². The summed E-state index contributed by atoms with van der Waals surface area (Å²) in [6, 6.07) is 15.3. The number of aromatic carboxylic acids is 1. The summed E-state index contributed by atoms with van der Waals surface area (Å²) in [5.41, 5.74) is 4.29. The Morgan fingerprint density at radius 3 is 2.70 bits per heavy atom. The van der Waals surface area contributed by atoms with Crippen LogP contribution in [-0.4, -0.2) is 30.8 Å². The number of fused-ring (bicyclic) bond motifs is 2. The average molecular weight is 399 g/mol. The monoisotopic (exact) mass is 399 g/mol. The summed E-state index contributed by atoms with van der Waals surface area (Å²) in [4.78, 5) is 21.1. The van der Waals surface area contributed by atoms with E-state index in [4.69, 9.17) is 9.97 Å². The van der Waals surface area contributed by atoms with Crippen molar-refractivity contribution in [1.82, 2.24) is 19.7 Å². The summed E-state index contributed by atoms with van der Waals surface area (Å²) in [7, 11) is 0. The second-order valence-electron chi connectivity index (χ2n) is 7.44. The van der Waals surface area contributed by atoms with Crippen LogP contribution in [0, 0.1) is 0 Å². The van der Waals surface area contributed by atoms with Crippen molar-refractivity contribution in [3.05, 3.63) is 77.1 Å². The number of hydrogen-bond acceptors (Lipinski definition) is 5. The third kappa shape index (κ3) is 3.28. The maximum atomic E-state index is 11.5. The lowest BCUT2D eigenvalue weighted by atomic mass is 9.96. The molecule has 0 aliphatic heterocycles. The molecule has 1 aliphatic carbocycles. The van der Waals surface area contributed by atoms with Crippen LogP contribution < -0.4 is 5.32 Å². The van der Waals surface area contributed by atoms with Gasteiger partial charge < -0.3 is 10.4 Å². The van der Waals surface area contributed by atoms with Crippen LogP contribution in [0.25, 0.3) is 16.9 Å². The fourth-order valence-corrected chi connectivity index (χ4v) is 4.00. The lowest BCUT2D eigenvalue weighted by Gasteiger charge is -2.20. The molecule has 0 unspecified atom stereocenters. The van der Waals surface area contributed by atoms with Gasteiger partial charge in [-0.1, -0.05) is 36.4 Å². The van der Waals surface area contributed by atoms with E-state index in [2.05, 4.69) is 22.5 Å². The molecular formula is C23H21N5O2. The number of nitrogens with one attached hydrogen (secondary N) is 1. The maximum Gasteiger partial charge on any atom is 0.336 e. The first-order valence-corrected chi connectivity index (χ1v) is 10.1. The molecule has 2 N–H and O–H groups in total. The van der Waals surface area contributed by atoms with E-state index in [1.165, 1.54) is 11.1 Å². The van der Waals surface area contributed by atoms with Crippen LogP contribution in [0.3, 0.4) is 0 Å². The second-order valence-corrected chi connectivity index (χ2v) is 7.44. The topological polar surface area (TPSA) is 92.9 Å². The van der Waals surface area contributed by atoms with Crippen molar-refractivity contribution in [3.8, 4) is 5.95 Å². The third-order valence-corrected chi connectivity index (χ3v) is 5.51. The lowest BCUT2D eigenvalue weighted by Crippen LogP contribution is -2.16. The molecule has 0 amide bonds. The van der Waals surface area contributed by atoms with Crippen LogP contribution in [0.2, 0.25) is 0 Å². The zero-order chi connectivity index (χ0) is 20.5. The molecule has 4 aromatic rings. The molecule has 7 heteroatoms. The minimum Gasteiger partial charge on any atom is -0.478 e. The molecule has 0 spiro atoms. The Hall–Kier alpha value is -3.74. The highest BCUT2D eigenvalue weighted by molar-refractivity contribution is 6.02. The Labute approximate surface area is 173 Å². The second kappa shape index (κ2) is 7.59. The number of nitrogens with zero attached hydrogens (tertiary/aromatic N) is 4. The molecule has 0 radical (unpaired) electrons. The summed E-state index contributed by atoms with van der Waals surface area (Å²) in [5.74, 6) is 0.317. The van der Waals surface area contributed by atoms with E-state index in [-0.39, 0.29) is 5.56 Å². The molecule has 30 heavy (non-hydrogen) atoms. The molecule has 2 heterocycles. The normalized spacial score (nSPS) is 13.2. The van der Waals surface area contributed by atoms with Crippen molar-refractivity contribution < 1.29 is 9.90 Å². The van der Waals surface area contributed by atoms with Crippen molar-refractivity contribution in [1.29, 1.82) is 0 Å². The summed E-state index contributed by atoms with van der Waals surface area (Å²) in [5, 5.41) is 17.9. The third-order valence-electron chi connectivity index (χ3n) is 5.51. The summed E-state index contributed by atoms with van der Waals surface area (Å²) >= 11 is 0. The fourth-order valence-electron chi connectivity index (χ4n) is 4.00. The minimum absolute atomic E-state index is 0.221. The number of hydrogen-bond donors (Lipinski definition) is 2. The first kappa shape index (κ1) is 18.3. The van der Waals surface area contributed by atoms with E-state index >= 15 is 0 Å². The van der Waals surface area contributed by atoms with Gasteiger partial charge in [0.05, 0.1) is 23.0 Å². The van der Waals surface area contributed by atoms with Gasteiger partial charge in [0.15, 0.2) is 0 Å². The Balaban J connectivity index is 1.58. The standard InChI is InChI=1S/C23H21N5O2/c29-22(30)16-10-6-12-20-18(16)14-25-28(20)23-26-19-11-5-4-9-17(19)21(27-23)24-13-15-7-2-1-3-8-15/h1-3,6-8,10,12,14H,4-5,9,11,13H2,(H,29,30)(H,24,26,27). The molecule has 150 valence electrons. The molecular weight excluding hydrogens is 378 g/mol. The van der Waals surface area contributed by atoms with Crippen LogP contribution >= 0.6 is 0 Å². The summed E-state index contributed by atoms with van der Waals surface area (Å²) in [6.45, 7) is 0.673. The van der Waals surface area contributed by atoms with Crippen molar-refractivity contribution in [2.75, 3.05) is 5.32 Å². The van der Waals surface area contributed by atoms with E-state index in [9.17, 15) is 9.90 Å². The number of carboxylic acid groups (broad SMARTS) is 1. The first-order chi connectivity index (χ1) is 14.7. The van der Waals surface area contributed by atoms with Crippen LogP contribution in [0.5, 0.6) is 0 Å². The molecule has 0 saturated heterocycles. The predicted octanol–water partition coefficient (Wildman–Crippen LogP) is 4.00. The molecule has 0 atom stereocenters. The number of rotatable bonds is 5. The highest BCUT2D eigenvalue weighted by Crippen LogP contribution is 2.28. The number of aryl methyl sites for hydroxylation is 1. The molecule has 2 aromatic heterocycles. The van der Waals surface area contributed by atoms with Crippen molar-refractivity contribution in [2.24, 2.45) is 0 Å². The molecule has 0 saturated carbocycles. The molecule has 0 fully saturated rings. The van der Waals surface area contributed by atoms with Crippen molar-refractivity contribution in [3.63, 3.8) is 0 Å². The summed E-state index contributed by atoms with van der Waals surface area (Å²) < 4.78 is 1.63. The molecule has 0 bridgehead atoms. The number of carboxylic acids is 1. The van der Waals surface area contributed by atoms with Crippen molar-refractivity contribution >= 4 is 22.7 Å². The number of aromatic nitrogens is 4. The van der Waals surface area contributed by atoms with Gasteiger partial charge in [-0.05, 0) is 43.4 Å².